The van der Waals surface area contributed by atoms with Gasteiger partial charge in [0, 0.05) is 6.54 Å². The van der Waals surface area contributed by atoms with Crippen LogP contribution in [0, 0.1) is 5.92 Å². The number of hydrogen-bond acceptors (Lipinski definition) is 2. The van der Waals surface area contributed by atoms with Crippen molar-refractivity contribution in [1.82, 2.24) is 9.78 Å². The van der Waals surface area contributed by atoms with E-state index in [0.29, 0.717) is 5.92 Å². The summed E-state index contributed by atoms with van der Waals surface area (Å²) in [5, 5.41) is 15.0. The van der Waals surface area contributed by atoms with E-state index in [9.17, 15) is 5.11 Å². The van der Waals surface area contributed by atoms with Crippen molar-refractivity contribution in [1.29, 1.82) is 0 Å². The summed E-state index contributed by atoms with van der Waals surface area (Å²) >= 11 is 3.51. The van der Waals surface area contributed by atoms with Crippen LogP contribution in [-0.2, 0) is 12.1 Å². The van der Waals surface area contributed by atoms with Gasteiger partial charge in [-0.25, -0.2) is 0 Å². The molecule has 0 aromatic carbocycles. The van der Waals surface area contributed by atoms with Gasteiger partial charge in [-0.05, 0) is 41.6 Å². The number of aryl methyl sites for hydroxylation is 1. The molecule has 0 spiro atoms. The molecule has 1 aliphatic carbocycles. The molecule has 3 nitrogen and oxygen atoms in total. The predicted molar refractivity (Wildman–Crippen MR) is 71.7 cm³/mol. The van der Waals surface area contributed by atoms with E-state index in [1.807, 2.05) is 11.6 Å². The van der Waals surface area contributed by atoms with E-state index in [1.54, 1.807) is 6.20 Å². The molecule has 0 bridgehead atoms. The summed E-state index contributed by atoms with van der Waals surface area (Å²) in [5.74, 6) is 0.682. The molecule has 1 aromatic rings. The summed E-state index contributed by atoms with van der Waals surface area (Å²) in [7, 11) is 0. The van der Waals surface area contributed by atoms with Crippen molar-refractivity contribution < 1.29 is 5.11 Å². The summed E-state index contributed by atoms with van der Waals surface area (Å²) in [6, 6.07) is 0. The van der Waals surface area contributed by atoms with Crippen LogP contribution in [0.5, 0.6) is 0 Å². The number of aromatic nitrogens is 2. The smallest absolute Gasteiger partial charge is 0.105 e. The number of hydrogen-bond donors (Lipinski definition) is 1. The maximum atomic E-state index is 10.7. The van der Waals surface area contributed by atoms with Gasteiger partial charge in [0.1, 0.15) is 5.60 Å². The van der Waals surface area contributed by atoms with Crippen molar-refractivity contribution in [3.05, 3.63) is 16.4 Å². The van der Waals surface area contributed by atoms with Gasteiger partial charge in [0.25, 0.3) is 0 Å². The Bertz CT molecular complexity index is 383. The molecule has 0 aliphatic heterocycles. The monoisotopic (exact) mass is 300 g/mol. The lowest BCUT2D eigenvalue weighted by Crippen LogP contribution is -2.31. The minimum absolute atomic E-state index is 0.682. The molecule has 1 aliphatic rings. The fraction of sp³-hybridized carbons (Fsp3) is 0.769. The van der Waals surface area contributed by atoms with Crippen molar-refractivity contribution in [3.63, 3.8) is 0 Å². The molecule has 0 radical (unpaired) electrons. The zero-order chi connectivity index (χ0) is 12.5. The molecule has 1 heterocycles. The van der Waals surface area contributed by atoms with Gasteiger partial charge in [0.2, 0.25) is 0 Å². The zero-order valence-electron chi connectivity index (χ0n) is 10.6. The molecule has 1 fully saturated rings. The standard InChI is InChI=1S/C13H21BrN2O/c1-3-7-16-12(11(14)9-15-16)13(2,17)8-10-5-4-6-10/h9-10,17H,3-8H2,1-2H3. The van der Waals surface area contributed by atoms with E-state index < -0.39 is 5.60 Å². The zero-order valence-corrected chi connectivity index (χ0v) is 12.2. The largest absolute Gasteiger partial charge is 0.384 e. The third-order valence-corrected chi connectivity index (χ3v) is 4.23. The summed E-state index contributed by atoms with van der Waals surface area (Å²) in [4.78, 5) is 0. The first-order chi connectivity index (χ1) is 8.04. The Morgan fingerprint density at radius 3 is 2.82 bits per heavy atom. The first kappa shape index (κ1) is 13.1. The number of rotatable bonds is 5. The van der Waals surface area contributed by atoms with E-state index in [4.69, 9.17) is 0 Å². The maximum absolute atomic E-state index is 10.7. The summed E-state index contributed by atoms with van der Waals surface area (Å²) < 4.78 is 2.86. The van der Waals surface area contributed by atoms with Gasteiger partial charge < -0.3 is 5.11 Å². The van der Waals surface area contributed by atoms with Gasteiger partial charge in [0.15, 0.2) is 0 Å². The highest BCUT2D eigenvalue weighted by Gasteiger charge is 2.34. The summed E-state index contributed by atoms with van der Waals surface area (Å²) in [5.41, 5.74) is 0.168. The second-order valence-electron chi connectivity index (χ2n) is 5.34. The molecule has 1 atom stereocenters. The second-order valence-corrected chi connectivity index (χ2v) is 6.19. The van der Waals surface area contributed by atoms with Gasteiger partial charge in [-0.15, -0.1) is 0 Å². The molecule has 1 aromatic heterocycles. The Morgan fingerprint density at radius 1 is 1.59 bits per heavy atom. The van der Waals surface area contributed by atoms with Crippen LogP contribution in [0.2, 0.25) is 0 Å². The van der Waals surface area contributed by atoms with E-state index in [-0.39, 0.29) is 0 Å². The summed E-state index contributed by atoms with van der Waals surface area (Å²) in [6.45, 7) is 4.90. The van der Waals surface area contributed by atoms with E-state index in [0.717, 1.165) is 29.6 Å². The first-order valence-corrected chi connectivity index (χ1v) is 7.28. The molecule has 4 heteroatoms. The van der Waals surface area contributed by atoms with Crippen LogP contribution in [0.25, 0.3) is 0 Å². The molecule has 0 saturated heterocycles. The van der Waals surface area contributed by atoms with Crippen LogP contribution >= 0.6 is 15.9 Å². The minimum atomic E-state index is -0.768. The molecule has 96 valence electrons. The fourth-order valence-electron chi connectivity index (χ4n) is 2.63. The van der Waals surface area contributed by atoms with Gasteiger partial charge in [-0.2, -0.15) is 5.10 Å². The molecule has 1 unspecified atom stereocenters. The van der Waals surface area contributed by atoms with Crippen LogP contribution in [0.4, 0.5) is 0 Å². The van der Waals surface area contributed by atoms with Crippen molar-refractivity contribution >= 4 is 15.9 Å². The average molecular weight is 301 g/mol. The lowest BCUT2D eigenvalue weighted by atomic mass is 9.77. The van der Waals surface area contributed by atoms with E-state index >= 15 is 0 Å². The lowest BCUT2D eigenvalue weighted by molar-refractivity contribution is 0.00750. The Labute approximate surface area is 111 Å². The van der Waals surface area contributed by atoms with E-state index in [1.165, 1.54) is 19.3 Å². The molecule has 0 amide bonds. The third-order valence-electron chi connectivity index (χ3n) is 3.65. The highest BCUT2D eigenvalue weighted by molar-refractivity contribution is 9.10. The predicted octanol–water partition coefficient (Wildman–Crippen LogP) is 3.45. The minimum Gasteiger partial charge on any atom is -0.384 e. The van der Waals surface area contributed by atoms with Crippen molar-refractivity contribution in [3.8, 4) is 0 Å². The van der Waals surface area contributed by atoms with Crippen molar-refractivity contribution in [2.75, 3.05) is 0 Å². The molecular weight excluding hydrogens is 280 g/mol. The molecule has 17 heavy (non-hydrogen) atoms. The fourth-order valence-corrected chi connectivity index (χ4v) is 3.36. The van der Waals surface area contributed by atoms with Crippen LogP contribution in [-0.4, -0.2) is 14.9 Å². The van der Waals surface area contributed by atoms with Crippen LogP contribution in [0.15, 0.2) is 10.7 Å². The Balaban J connectivity index is 2.20. The molecule has 2 rings (SSSR count). The van der Waals surface area contributed by atoms with Gasteiger partial charge in [-0.1, -0.05) is 26.2 Å². The number of halogens is 1. The topological polar surface area (TPSA) is 38.0 Å². The van der Waals surface area contributed by atoms with Crippen LogP contribution in [0.3, 0.4) is 0 Å². The lowest BCUT2D eigenvalue weighted by Gasteiger charge is -2.34. The van der Waals surface area contributed by atoms with E-state index in [2.05, 4.69) is 28.0 Å². The normalized spacial score (nSPS) is 20.0. The van der Waals surface area contributed by atoms with Crippen LogP contribution < -0.4 is 0 Å². The van der Waals surface area contributed by atoms with Gasteiger partial charge in [0.05, 0.1) is 16.4 Å². The summed E-state index contributed by atoms with van der Waals surface area (Å²) in [6.07, 6.45) is 7.50. The third kappa shape index (κ3) is 2.74. The number of aliphatic hydroxyl groups is 1. The Hall–Kier alpha value is -0.350. The van der Waals surface area contributed by atoms with Crippen LogP contribution in [0.1, 0.15) is 51.6 Å². The van der Waals surface area contributed by atoms with Crippen molar-refractivity contribution in [2.24, 2.45) is 5.92 Å². The van der Waals surface area contributed by atoms with Gasteiger partial charge in [-0.3, -0.25) is 4.68 Å². The molecule has 1 saturated carbocycles. The number of nitrogens with zero attached hydrogens (tertiary/aromatic N) is 2. The van der Waals surface area contributed by atoms with Crippen molar-refractivity contribution in [2.45, 2.75) is 58.1 Å². The Kier molecular flexibility index (Phi) is 3.93. The molecular formula is C13H21BrN2O. The first-order valence-electron chi connectivity index (χ1n) is 6.48. The average Bonchev–Trinajstić information content (AvgIpc) is 2.55. The maximum Gasteiger partial charge on any atom is 0.105 e. The van der Waals surface area contributed by atoms with Gasteiger partial charge >= 0.3 is 0 Å². The second kappa shape index (κ2) is 5.11. The highest BCUT2D eigenvalue weighted by atomic mass is 79.9. The molecule has 1 N–H and O–H groups in total. The Morgan fingerprint density at radius 2 is 2.29 bits per heavy atom. The quantitative estimate of drug-likeness (QED) is 0.904. The SMILES string of the molecule is CCCn1ncc(Br)c1C(C)(O)CC1CCC1. The highest BCUT2D eigenvalue weighted by Crippen LogP contribution is 2.40.